The van der Waals surface area contributed by atoms with Crippen LogP contribution in [-0.2, 0) is 11.2 Å². The predicted molar refractivity (Wildman–Crippen MR) is 81.4 cm³/mol. The topological polar surface area (TPSA) is 111 Å². The van der Waals surface area contributed by atoms with E-state index in [2.05, 4.69) is 10.3 Å². The fraction of sp³-hybridized carbons (Fsp3) is 0.231. The van der Waals surface area contributed by atoms with Crippen molar-refractivity contribution in [2.45, 2.75) is 20.3 Å². The van der Waals surface area contributed by atoms with Crippen LogP contribution in [0.3, 0.4) is 0 Å². The Kier molecular flexibility index (Phi) is 4.18. The summed E-state index contributed by atoms with van der Waals surface area (Å²) in [5, 5.41) is 15.7. The van der Waals surface area contributed by atoms with Crippen LogP contribution in [0.1, 0.15) is 16.8 Å². The number of hydrogen-bond donors (Lipinski definition) is 2. The van der Waals surface area contributed by atoms with Crippen LogP contribution < -0.4 is 11.1 Å². The molecular weight excluding hydrogens is 292 g/mol. The smallest absolute Gasteiger partial charge is 0.274 e. The molecule has 1 aromatic carbocycles. The Labute approximate surface area is 125 Å². The second-order valence-electron chi connectivity index (χ2n) is 4.61. The molecule has 8 heteroatoms. The van der Waals surface area contributed by atoms with E-state index in [9.17, 15) is 14.9 Å². The summed E-state index contributed by atoms with van der Waals surface area (Å²) in [7, 11) is 0. The lowest BCUT2D eigenvalue weighted by Gasteiger charge is -2.09. The largest absolute Gasteiger partial charge is 0.375 e. The average Bonchev–Trinajstić information content (AvgIpc) is 2.77. The maximum absolute atomic E-state index is 12.0. The first-order valence-corrected chi connectivity index (χ1v) is 7.00. The van der Waals surface area contributed by atoms with E-state index in [0.717, 1.165) is 5.56 Å². The zero-order valence-corrected chi connectivity index (χ0v) is 12.4. The number of carbonyl (C=O) groups excluding carboxylic acids is 1. The van der Waals surface area contributed by atoms with E-state index in [1.807, 2.05) is 0 Å². The number of nitrogens with two attached hydrogens (primary N) is 1. The monoisotopic (exact) mass is 306 g/mol. The fourth-order valence-corrected chi connectivity index (χ4v) is 2.50. The van der Waals surface area contributed by atoms with E-state index < -0.39 is 4.92 Å². The van der Waals surface area contributed by atoms with Gasteiger partial charge in [0, 0.05) is 17.0 Å². The van der Waals surface area contributed by atoms with Crippen LogP contribution in [0.2, 0.25) is 0 Å². The number of nitrogen functional groups attached to an aromatic ring is 1. The van der Waals surface area contributed by atoms with E-state index in [4.69, 9.17) is 5.73 Å². The number of thiazole rings is 1. The quantitative estimate of drug-likeness (QED) is 0.665. The Morgan fingerprint density at radius 3 is 2.71 bits per heavy atom. The van der Waals surface area contributed by atoms with Gasteiger partial charge in [0.15, 0.2) is 5.13 Å². The standard InChI is InChI=1S/C13H14N4O3S/c1-7-3-8(2)11(17(19)20)5-10(7)16-12(18)4-9-6-21-13(14)15-9/h3,5-6H,4H2,1-2H3,(H2,14,15)(H,16,18). The van der Waals surface area contributed by atoms with Crippen molar-refractivity contribution in [3.63, 3.8) is 0 Å². The first-order valence-electron chi connectivity index (χ1n) is 6.12. The highest BCUT2D eigenvalue weighted by atomic mass is 32.1. The number of carbonyl (C=O) groups is 1. The molecular formula is C13H14N4O3S. The first kappa shape index (κ1) is 14.9. The number of benzene rings is 1. The number of anilines is 2. The Bertz CT molecular complexity index is 711. The van der Waals surface area contributed by atoms with Gasteiger partial charge in [0.2, 0.25) is 5.91 Å². The number of nitrogens with one attached hydrogen (secondary N) is 1. The highest BCUT2D eigenvalue weighted by Gasteiger charge is 2.15. The van der Waals surface area contributed by atoms with E-state index in [1.165, 1.54) is 17.4 Å². The predicted octanol–water partition coefficient (Wildman–Crippen LogP) is 2.43. The molecule has 110 valence electrons. The summed E-state index contributed by atoms with van der Waals surface area (Å²) in [5.74, 6) is -0.290. The van der Waals surface area contributed by atoms with Crippen LogP contribution in [0.5, 0.6) is 0 Å². The summed E-state index contributed by atoms with van der Waals surface area (Å²) in [6, 6.07) is 3.05. The lowest BCUT2D eigenvalue weighted by atomic mass is 10.1. The van der Waals surface area contributed by atoms with Crippen molar-refractivity contribution in [2.24, 2.45) is 0 Å². The van der Waals surface area contributed by atoms with Crippen LogP contribution >= 0.6 is 11.3 Å². The molecule has 1 aromatic heterocycles. The number of nitrogens with zero attached hydrogens (tertiary/aromatic N) is 2. The minimum Gasteiger partial charge on any atom is -0.375 e. The van der Waals surface area contributed by atoms with Crippen LogP contribution in [0.15, 0.2) is 17.5 Å². The SMILES string of the molecule is Cc1cc(C)c([N+](=O)[O-])cc1NC(=O)Cc1csc(N)n1. The van der Waals surface area contributed by atoms with Crippen LogP contribution in [0.4, 0.5) is 16.5 Å². The maximum Gasteiger partial charge on any atom is 0.274 e. The fourth-order valence-electron chi connectivity index (χ4n) is 1.93. The average molecular weight is 306 g/mol. The molecule has 7 nitrogen and oxygen atoms in total. The molecule has 0 aliphatic carbocycles. The molecule has 2 aromatic rings. The lowest BCUT2D eigenvalue weighted by molar-refractivity contribution is -0.385. The molecule has 1 heterocycles. The van der Waals surface area contributed by atoms with Gasteiger partial charge in [-0.05, 0) is 25.5 Å². The highest BCUT2D eigenvalue weighted by molar-refractivity contribution is 7.13. The summed E-state index contributed by atoms with van der Waals surface area (Å²) >= 11 is 1.26. The summed E-state index contributed by atoms with van der Waals surface area (Å²) in [6.45, 7) is 3.45. The van der Waals surface area contributed by atoms with Gasteiger partial charge in [0.1, 0.15) is 0 Å². The first-order chi connectivity index (χ1) is 9.86. The molecule has 0 saturated heterocycles. The third-order valence-corrected chi connectivity index (χ3v) is 3.65. The number of nitro groups is 1. The minimum absolute atomic E-state index is 0.0196. The lowest BCUT2D eigenvalue weighted by Crippen LogP contribution is -2.15. The molecule has 0 spiro atoms. The number of aromatic nitrogens is 1. The Morgan fingerprint density at radius 1 is 1.43 bits per heavy atom. The molecule has 0 fully saturated rings. The Balaban J connectivity index is 2.17. The van der Waals surface area contributed by atoms with Crippen molar-refractivity contribution in [3.05, 3.63) is 44.4 Å². The van der Waals surface area contributed by atoms with Crippen molar-refractivity contribution in [1.29, 1.82) is 0 Å². The molecule has 21 heavy (non-hydrogen) atoms. The van der Waals surface area contributed by atoms with Crippen LogP contribution in [0, 0.1) is 24.0 Å². The summed E-state index contributed by atoms with van der Waals surface area (Å²) in [5.41, 5.74) is 7.82. The van der Waals surface area contributed by atoms with E-state index in [1.54, 1.807) is 25.3 Å². The number of aryl methyl sites for hydroxylation is 2. The number of rotatable bonds is 4. The second-order valence-corrected chi connectivity index (χ2v) is 5.50. The van der Waals surface area contributed by atoms with Crippen molar-refractivity contribution in [2.75, 3.05) is 11.1 Å². The van der Waals surface area contributed by atoms with Gasteiger partial charge in [-0.25, -0.2) is 4.98 Å². The third kappa shape index (κ3) is 3.54. The minimum atomic E-state index is -0.467. The summed E-state index contributed by atoms with van der Waals surface area (Å²) < 4.78 is 0. The van der Waals surface area contributed by atoms with Gasteiger partial charge in [0.05, 0.1) is 22.7 Å². The van der Waals surface area contributed by atoms with Crippen molar-refractivity contribution in [1.82, 2.24) is 4.98 Å². The van der Waals surface area contributed by atoms with Gasteiger partial charge in [-0.3, -0.25) is 14.9 Å². The van der Waals surface area contributed by atoms with Gasteiger partial charge in [0.25, 0.3) is 5.69 Å². The number of hydrogen-bond acceptors (Lipinski definition) is 6. The van der Waals surface area contributed by atoms with Gasteiger partial charge in [-0.15, -0.1) is 11.3 Å². The van der Waals surface area contributed by atoms with E-state index in [-0.39, 0.29) is 18.0 Å². The molecule has 2 rings (SSSR count). The van der Waals surface area contributed by atoms with Gasteiger partial charge >= 0.3 is 0 Å². The number of amides is 1. The Hall–Kier alpha value is -2.48. The summed E-state index contributed by atoms with van der Waals surface area (Å²) in [6.07, 6.45) is 0.0782. The normalized spacial score (nSPS) is 10.4. The van der Waals surface area contributed by atoms with Crippen molar-refractivity contribution in [3.8, 4) is 0 Å². The molecule has 1 amide bonds. The number of nitro benzene ring substituents is 1. The van der Waals surface area contributed by atoms with Gasteiger partial charge in [-0.1, -0.05) is 0 Å². The van der Waals surface area contributed by atoms with Crippen LogP contribution in [0.25, 0.3) is 0 Å². The highest BCUT2D eigenvalue weighted by Crippen LogP contribution is 2.26. The molecule has 0 aliphatic rings. The van der Waals surface area contributed by atoms with Crippen LogP contribution in [-0.4, -0.2) is 15.8 Å². The van der Waals surface area contributed by atoms with E-state index in [0.29, 0.717) is 22.1 Å². The zero-order valence-electron chi connectivity index (χ0n) is 11.5. The third-order valence-electron chi connectivity index (χ3n) is 2.92. The second kappa shape index (κ2) is 5.88. The molecule has 0 aliphatic heterocycles. The van der Waals surface area contributed by atoms with Gasteiger partial charge < -0.3 is 11.1 Å². The zero-order chi connectivity index (χ0) is 15.6. The molecule has 0 saturated carbocycles. The molecule has 0 bridgehead atoms. The Morgan fingerprint density at radius 2 is 2.14 bits per heavy atom. The van der Waals surface area contributed by atoms with Crippen molar-refractivity contribution >= 4 is 33.8 Å². The van der Waals surface area contributed by atoms with Crippen molar-refractivity contribution < 1.29 is 9.72 Å². The molecule has 3 N–H and O–H groups in total. The molecule has 0 atom stereocenters. The van der Waals surface area contributed by atoms with Gasteiger partial charge in [-0.2, -0.15) is 0 Å². The van der Waals surface area contributed by atoms with E-state index >= 15 is 0 Å². The molecule has 0 unspecified atom stereocenters. The summed E-state index contributed by atoms with van der Waals surface area (Å²) in [4.78, 5) is 26.4. The maximum atomic E-state index is 12.0. The molecule has 0 radical (unpaired) electrons.